The zero-order valence-corrected chi connectivity index (χ0v) is 20.5. The van der Waals surface area contributed by atoms with Gasteiger partial charge in [0.15, 0.2) is 5.76 Å². The number of aryl methyl sites for hydroxylation is 2. The largest absolute Gasteiger partial charge is 0.503 e. The van der Waals surface area contributed by atoms with Crippen LogP contribution >= 0.6 is 11.3 Å². The lowest BCUT2D eigenvalue weighted by atomic mass is 9.94. The molecule has 1 unspecified atom stereocenters. The first-order chi connectivity index (χ1) is 16.2. The van der Waals surface area contributed by atoms with Gasteiger partial charge in [-0.25, -0.2) is 4.98 Å². The zero-order valence-electron chi connectivity index (χ0n) is 19.7. The molecule has 1 atom stereocenters. The zero-order chi connectivity index (χ0) is 24.6. The second-order valence-corrected chi connectivity index (χ2v) is 9.42. The van der Waals surface area contributed by atoms with Gasteiger partial charge in [0.2, 0.25) is 5.78 Å². The molecule has 0 bridgehead atoms. The number of thiazole rings is 1. The van der Waals surface area contributed by atoms with Crippen molar-refractivity contribution < 1.29 is 24.2 Å². The van der Waals surface area contributed by atoms with Gasteiger partial charge in [0.05, 0.1) is 40.4 Å². The van der Waals surface area contributed by atoms with Crippen molar-refractivity contribution in [3.63, 3.8) is 0 Å². The van der Waals surface area contributed by atoms with Gasteiger partial charge >= 0.3 is 0 Å². The highest BCUT2D eigenvalue weighted by molar-refractivity contribution is 7.14. The number of carbonyl (C=O) groups excluding carboxylic acids is 2. The number of anilines is 1. The summed E-state index contributed by atoms with van der Waals surface area (Å²) in [6.45, 7) is 7.42. The lowest BCUT2D eigenvalue weighted by Crippen LogP contribution is -2.31. The maximum Gasteiger partial charge on any atom is 0.294 e. The molecule has 1 aliphatic heterocycles. The van der Waals surface area contributed by atoms with Crippen LogP contribution < -0.4 is 14.4 Å². The van der Waals surface area contributed by atoms with E-state index in [0.717, 1.165) is 5.01 Å². The van der Waals surface area contributed by atoms with E-state index < -0.39 is 23.5 Å². The van der Waals surface area contributed by atoms with E-state index in [1.807, 2.05) is 26.8 Å². The second-order valence-electron chi connectivity index (χ2n) is 8.22. The third-order valence-corrected chi connectivity index (χ3v) is 6.55. The van der Waals surface area contributed by atoms with Crippen LogP contribution in [0.15, 0.2) is 59.9 Å². The fourth-order valence-corrected chi connectivity index (χ4v) is 4.99. The molecule has 2 heterocycles. The molecule has 0 aliphatic carbocycles. The van der Waals surface area contributed by atoms with Crippen LogP contribution in [0.25, 0.3) is 0 Å². The van der Waals surface area contributed by atoms with Crippen molar-refractivity contribution >= 4 is 28.7 Å². The number of nitrogens with zero attached hydrogens (tertiary/aromatic N) is 2. The maximum absolute atomic E-state index is 13.7. The fourth-order valence-electron chi connectivity index (χ4n) is 4.11. The number of methoxy groups -OCH3 is 1. The molecular formula is C26H26N2O5S. The molecular weight excluding hydrogens is 452 g/mol. The molecule has 4 rings (SSSR count). The number of benzene rings is 2. The summed E-state index contributed by atoms with van der Waals surface area (Å²) in [6, 6.07) is 13.3. The molecule has 2 aromatic carbocycles. The van der Waals surface area contributed by atoms with E-state index in [4.69, 9.17) is 9.47 Å². The number of hydrogen-bond donors (Lipinski definition) is 1. The highest BCUT2D eigenvalue weighted by Gasteiger charge is 2.46. The lowest BCUT2D eigenvalue weighted by Gasteiger charge is -2.28. The molecule has 1 aromatic heterocycles. The van der Waals surface area contributed by atoms with Crippen molar-refractivity contribution in [2.75, 3.05) is 12.0 Å². The minimum Gasteiger partial charge on any atom is -0.503 e. The molecule has 3 aromatic rings. The molecule has 0 fully saturated rings. The Hall–Kier alpha value is -3.65. The Morgan fingerprint density at radius 1 is 1.12 bits per heavy atom. The van der Waals surface area contributed by atoms with E-state index in [2.05, 4.69) is 4.98 Å². The summed E-state index contributed by atoms with van der Waals surface area (Å²) < 4.78 is 11.3. The van der Waals surface area contributed by atoms with Crippen molar-refractivity contribution in [1.29, 1.82) is 0 Å². The molecule has 1 aliphatic rings. The van der Waals surface area contributed by atoms with Gasteiger partial charge in [-0.15, -0.1) is 11.3 Å². The minimum atomic E-state index is -0.880. The van der Waals surface area contributed by atoms with Gasteiger partial charge in [0.25, 0.3) is 5.91 Å². The first-order valence-corrected chi connectivity index (χ1v) is 11.7. The average molecular weight is 479 g/mol. The number of aliphatic hydroxyl groups excluding tert-OH is 1. The van der Waals surface area contributed by atoms with E-state index in [1.165, 1.54) is 23.3 Å². The Bertz CT molecular complexity index is 1280. The van der Waals surface area contributed by atoms with E-state index >= 15 is 0 Å². The van der Waals surface area contributed by atoms with Gasteiger partial charge < -0.3 is 14.6 Å². The third-order valence-electron chi connectivity index (χ3n) is 5.48. The summed E-state index contributed by atoms with van der Waals surface area (Å²) in [7, 11) is 1.53. The summed E-state index contributed by atoms with van der Waals surface area (Å²) in [4.78, 5) is 33.2. The van der Waals surface area contributed by atoms with Gasteiger partial charge in [-0.05, 0) is 58.0 Å². The molecule has 0 radical (unpaired) electrons. The average Bonchev–Trinajstić information content (AvgIpc) is 3.28. The number of carbonyl (C=O) groups is 2. The highest BCUT2D eigenvalue weighted by Crippen LogP contribution is 2.45. The molecule has 7 nitrogen and oxygen atoms in total. The smallest absolute Gasteiger partial charge is 0.294 e. The standard InChI is InChI=1S/C26H26N2O5S/c1-14(2)33-18-12-10-17(11-13-18)28-22(19-8-6-7-9-20(19)32-5)21(24(30)26(28)31)23(29)25-15(3)27-16(4)34-25/h6-14,22,30H,1-5H3. The van der Waals surface area contributed by atoms with E-state index in [-0.39, 0.29) is 11.7 Å². The Morgan fingerprint density at radius 3 is 2.38 bits per heavy atom. The van der Waals surface area contributed by atoms with Crippen LogP contribution in [0.3, 0.4) is 0 Å². The van der Waals surface area contributed by atoms with Crippen molar-refractivity contribution in [3.05, 3.63) is 81.0 Å². The van der Waals surface area contributed by atoms with Crippen LogP contribution in [0.5, 0.6) is 11.5 Å². The van der Waals surface area contributed by atoms with E-state index in [9.17, 15) is 14.7 Å². The quantitative estimate of drug-likeness (QED) is 0.461. The molecule has 0 saturated heterocycles. The lowest BCUT2D eigenvalue weighted by molar-refractivity contribution is -0.117. The first kappa shape index (κ1) is 23.5. The van der Waals surface area contributed by atoms with Crippen LogP contribution in [-0.4, -0.2) is 35.0 Å². The Morgan fingerprint density at radius 2 is 1.79 bits per heavy atom. The predicted molar refractivity (Wildman–Crippen MR) is 131 cm³/mol. The number of aromatic nitrogens is 1. The minimum absolute atomic E-state index is 0.00151. The predicted octanol–water partition coefficient (Wildman–Crippen LogP) is 5.34. The molecule has 34 heavy (non-hydrogen) atoms. The molecule has 176 valence electrons. The van der Waals surface area contributed by atoms with Crippen LogP contribution in [0.1, 0.15) is 45.8 Å². The number of ether oxygens (including phenoxy) is 2. The number of Topliss-reactive ketones (excluding diaryl/α,β-unsaturated/α-hetero) is 1. The highest BCUT2D eigenvalue weighted by atomic mass is 32.1. The maximum atomic E-state index is 13.7. The fraction of sp³-hybridized carbons (Fsp3) is 0.269. The van der Waals surface area contributed by atoms with E-state index in [1.54, 1.807) is 49.4 Å². The van der Waals surface area contributed by atoms with Gasteiger partial charge in [0.1, 0.15) is 11.5 Å². The van der Waals surface area contributed by atoms with Crippen LogP contribution in [0.4, 0.5) is 5.69 Å². The third kappa shape index (κ3) is 4.17. The number of para-hydroxylation sites is 1. The first-order valence-electron chi connectivity index (χ1n) is 10.9. The second kappa shape index (κ2) is 9.30. The number of aliphatic hydroxyl groups is 1. The molecule has 8 heteroatoms. The SMILES string of the molecule is COc1ccccc1C1C(C(=O)c2sc(C)nc2C)=C(O)C(=O)N1c1ccc(OC(C)C)cc1. The summed E-state index contributed by atoms with van der Waals surface area (Å²) >= 11 is 1.24. The monoisotopic (exact) mass is 478 g/mol. The molecule has 1 amide bonds. The van der Waals surface area contributed by atoms with Crippen molar-refractivity contribution in [3.8, 4) is 11.5 Å². The summed E-state index contributed by atoms with van der Waals surface area (Å²) in [6.07, 6.45) is 0.00151. The molecule has 0 spiro atoms. The number of amides is 1. The van der Waals surface area contributed by atoms with Gasteiger partial charge in [-0.3, -0.25) is 14.5 Å². The number of ketones is 1. The Balaban J connectivity index is 1.86. The molecule has 1 N–H and O–H groups in total. The van der Waals surface area contributed by atoms with E-state index in [0.29, 0.717) is 33.3 Å². The topological polar surface area (TPSA) is 89.0 Å². The van der Waals surface area contributed by atoms with Gasteiger partial charge in [-0.2, -0.15) is 0 Å². The normalized spacial score (nSPS) is 15.9. The Labute approximate surface area is 202 Å². The Kier molecular flexibility index (Phi) is 6.43. The summed E-state index contributed by atoms with van der Waals surface area (Å²) in [5.41, 5.74) is 1.67. The van der Waals surface area contributed by atoms with Gasteiger partial charge in [0, 0.05) is 11.3 Å². The number of hydrogen-bond acceptors (Lipinski definition) is 7. The molecule has 0 saturated carbocycles. The van der Waals surface area contributed by atoms with Gasteiger partial charge in [-0.1, -0.05) is 18.2 Å². The van der Waals surface area contributed by atoms with Crippen molar-refractivity contribution in [1.82, 2.24) is 4.98 Å². The van der Waals surface area contributed by atoms with Crippen molar-refractivity contribution in [2.45, 2.75) is 39.8 Å². The summed E-state index contributed by atoms with van der Waals surface area (Å²) in [5.74, 6) is -0.498. The van der Waals surface area contributed by atoms with Crippen LogP contribution in [-0.2, 0) is 4.79 Å². The number of rotatable bonds is 7. The summed E-state index contributed by atoms with van der Waals surface area (Å²) in [5, 5.41) is 11.7. The van der Waals surface area contributed by atoms with Crippen molar-refractivity contribution in [2.24, 2.45) is 0 Å². The van der Waals surface area contributed by atoms with Crippen LogP contribution in [0, 0.1) is 13.8 Å². The van der Waals surface area contributed by atoms with Crippen LogP contribution in [0.2, 0.25) is 0 Å².